The molecular formula is C6H14NO. The highest BCUT2D eigenvalue weighted by Gasteiger charge is 2.13. The molecule has 0 aliphatic rings. The van der Waals surface area contributed by atoms with E-state index in [-0.39, 0.29) is 5.60 Å². The molecule has 0 atom stereocenters. The molecule has 0 spiro atoms. The first kappa shape index (κ1) is 7.92. The highest BCUT2D eigenvalue weighted by atomic mass is 16.5. The lowest BCUT2D eigenvalue weighted by atomic mass is 10.1. The van der Waals surface area contributed by atoms with E-state index in [0.29, 0.717) is 0 Å². The molecule has 49 valence electrons. The molecule has 8 heavy (non-hydrogen) atoms. The van der Waals surface area contributed by atoms with Gasteiger partial charge in [0.1, 0.15) is 0 Å². The van der Waals surface area contributed by atoms with Crippen LogP contribution in [0, 0.1) is 7.05 Å². The predicted octanol–water partition coefficient (Wildman–Crippen LogP) is 0.793. The van der Waals surface area contributed by atoms with Crippen molar-refractivity contribution in [1.82, 2.24) is 5.32 Å². The van der Waals surface area contributed by atoms with Gasteiger partial charge in [-0.1, -0.05) is 0 Å². The van der Waals surface area contributed by atoms with Gasteiger partial charge in [-0.3, -0.25) is 0 Å². The van der Waals surface area contributed by atoms with Crippen molar-refractivity contribution in [2.75, 3.05) is 13.7 Å². The Morgan fingerprint density at radius 3 is 2.25 bits per heavy atom. The standard InChI is InChI=1S/C6H14NO/c1-6(2,8-4)5-7-3/h7H,3,5H2,1-2,4H3. The fraction of sp³-hybridized carbons (Fsp3) is 0.833. The molecule has 0 rings (SSSR count). The van der Waals surface area contributed by atoms with Crippen LogP contribution in [0.15, 0.2) is 0 Å². The molecule has 0 aromatic carbocycles. The van der Waals surface area contributed by atoms with E-state index >= 15 is 0 Å². The van der Waals surface area contributed by atoms with Gasteiger partial charge in [-0.2, -0.15) is 0 Å². The van der Waals surface area contributed by atoms with Crippen LogP contribution in [-0.4, -0.2) is 19.3 Å². The van der Waals surface area contributed by atoms with Crippen molar-refractivity contribution in [2.24, 2.45) is 0 Å². The zero-order chi connectivity index (χ0) is 6.62. The van der Waals surface area contributed by atoms with E-state index in [0.717, 1.165) is 6.54 Å². The Morgan fingerprint density at radius 1 is 1.62 bits per heavy atom. The van der Waals surface area contributed by atoms with Gasteiger partial charge in [0.25, 0.3) is 0 Å². The van der Waals surface area contributed by atoms with Crippen molar-refractivity contribution in [3.8, 4) is 0 Å². The molecule has 0 amide bonds. The summed E-state index contributed by atoms with van der Waals surface area (Å²) in [6.45, 7) is 4.79. The molecule has 1 N–H and O–H groups in total. The Bertz CT molecular complexity index is 61.5. The number of ether oxygens (including phenoxy) is 1. The van der Waals surface area contributed by atoms with Crippen molar-refractivity contribution in [3.63, 3.8) is 0 Å². The van der Waals surface area contributed by atoms with Crippen LogP contribution in [0.3, 0.4) is 0 Å². The van der Waals surface area contributed by atoms with Gasteiger partial charge in [0.2, 0.25) is 0 Å². The summed E-state index contributed by atoms with van der Waals surface area (Å²) < 4.78 is 5.08. The maximum atomic E-state index is 5.08. The lowest BCUT2D eigenvalue weighted by Crippen LogP contribution is -2.33. The summed E-state index contributed by atoms with van der Waals surface area (Å²) in [5.41, 5.74) is -0.0816. The van der Waals surface area contributed by atoms with Crippen LogP contribution in [0.2, 0.25) is 0 Å². The summed E-state index contributed by atoms with van der Waals surface area (Å²) >= 11 is 0. The van der Waals surface area contributed by atoms with Crippen LogP contribution < -0.4 is 5.32 Å². The summed E-state index contributed by atoms with van der Waals surface area (Å²) in [6, 6.07) is 0. The molecule has 0 aliphatic heterocycles. The molecule has 0 unspecified atom stereocenters. The first-order valence-corrected chi connectivity index (χ1v) is 2.67. The largest absolute Gasteiger partial charge is 0.377 e. The van der Waals surface area contributed by atoms with Gasteiger partial charge in [-0.15, -0.1) is 0 Å². The Hall–Kier alpha value is -0.0800. The molecule has 2 heteroatoms. The van der Waals surface area contributed by atoms with Gasteiger partial charge in [-0.05, 0) is 13.8 Å². The molecule has 0 aliphatic carbocycles. The third-order valence-corrected chi connectivity index (χ3v) is 1.10. The van der Waals surface area contributed by atoms with Gasteiger partial charge in [0.15, 0.2) is 0 Å². The van der Waals surface area contributed by atoms with E-state index in [9.17, 15) is 0 Å². The predicted molar refractivity (Wildman–Crippen MR) is 34.4 cm³/mol. The molecule has 0 heterocycles. The van der Waals surface area contributed by atoms with Gasteiger partial charge in [-0.25, -0.2) is 0 Å². The van der Waals surface area contributed by atoms with Crippen LogP contribution in [0.5, 0.6) is 0 Å². The minimum absolute atomic E-state index is 0.0816. The Balaban J connectivity index is 3.37. The molecule has 2 nitrogen and oxygen atoms in total. The van der Waals surface area contributed by atoms with Crippen molar-refractivity contribution >= 4 is 0 Å². The summed E-state index contributed by atoms with van der Waals surface area (Å²) in [7, 11) is 5.18. The molecule has 0 saturated heterocycles. The summed E-state index contributed by atoms with van der Waals surface area (Å²) in [6.07, 6.45) is 0. The van der Waals surface area contributed by atoms with Crippen LogP contribution in [0.1, 0.15) is 13.8 Å². The summed E-state index contributed by atoms with van der Waals surface area (Å²) in [4.78, 5) is 0. The van der Waals surface area contributed by atoms with E-state index in [4.69, 9.17) is 4.74 Å². The smallest absolute Gasteiger partial charge is 0.0746 e. The van der Waals surface area contributed by atoms with E-state index in [1.807, 2.05) is 13.8 Å². The second kappa shape index (κ2) is 3.05. The van der Waals surface area contributed by atoms with Crippen LogP contribution in [0.4, 0.5) is 0 Å². The van der Waals surface area contributed by atoms with Crippen LogP contribution in [0.25, 0.3) is 0 Å². The van der Waals surface area contributed by atoms with Crippen LogP contribution in [-0.2, 0) is 4.74 Å². The number of nitrogens with one attached hydrogen (secondary N) is 1. The molecule has 0 saturated carbocycles. The lowest BCUT2D eigenvalue weighted by molar-refractivity contribution is 0.0258. The van der Waals surface area contributed by atoms with Crippen LogP contribution >= 0.6 is 0 Å². The Labute approximate surface area is 51.2 Å². The Morgan fingerprint density at radius 2 is 2.12 bits per heavy atom. The SMILES string of the molecule is [CH2]NCC(C)(C)OC. The molecular weight excluding hydrogens is 102 g/mol. The topological polar surface area (TPSA) is 21.3 Å². The molecule has 0 bridgehead atoms. The second-order valence-corrected chi connectivity index (χ2v) is 2.39. The first-order valence-electron chi connectivity index (χ1n) is 2.67. The molecule has 1 radical (unpaired) electrons. The monoisotopic (exact) mass is 116 g/mol. The van der Waals surface area contributed by atoms with Crippen molar-refractivity contribution in [1.29, 1.82) is 0 Å². The molecule has 0 aromatic rings. The van der Waals surface area contributed by atoms with E-state index < -0.39 is 0 Å². The number of hydrogen-bond donors (Lipinski definition) is 1. The molecule has 0 fully saturated rings. The second-order valence-electron chi connectivity index (χ2n) is 2.39. The van der Waals surface area contributed by atoms with Crippen molar-refractivity contribution in [3.05, 3.63) is 7.05 Å². The first-order chi connectivity index (χ1) is 3.62. The van der Waals surface area contributed by atoms with Gasteiger partial charge in [0, 0.05) is 20.7 Å². The summed E-state index contributed by atoms with van der Waals surface area (Å²) in [5, 5.41) is 2.78. The maximum absolute atomic E-state index is 5.08. The zero-order valence-corrected chi connectivity index (χ0v) is 5.82. The van der Waals surface area contributed by atoms with E-state index in [2.05, 4.69) is 12.4 Å². The van der Waals surface area contributed by atoms with Gasteiger partial charge >= 0.3 is 0 Å². The zero-order valence-electron chi connectivity index (χ0n) is 5.82. The van der Waals surface area contributed by atoms with Gasteiger partial charge < -0.3 is 10.1 Å². The fourth-order valence-electron chi connectivity index (χ4n) is 0.373. The quantitative estimate of drug-likeness (QED) is 0.588. The highest BCUT2D eigenvalue weighted by Crippen LogP contribution is 2.03. The number of methoxy groups -OCH3 is 1. The average molecular weight is 116 g/mol. The fourth-order valence-corrected chi connectivity index (χ4v) is 0.373. The van der Waals surface area contributed by atoms with Gasteiger partial charge in [0.05, 0.1) is 5.60 Å². The van der Waals surface area contributed by atoms with E-state index in [1.54, 1.807) is 7.11 Å². The van der Waals surface area contributed by atoms with Crippen molar-refractivity contribution < 1.29 is 4.74 Å². The maximum Gasteiger partial charge on any atom is 0.0746 e. The number of hydrogen-bond acceptors (Lipinski definition) is 2. The number of rotatable bonds is 3. The minimum Gasteiger partial charge on any atom is -0.377 e. The Kier molecular flexibility index (Phi) is 3.02. The highest BCUT2D eigenvalue weighted by molar-refractivity contribution is 4.69. The third-order valence-electron chi connectivity index (χ3n) is 1.10. The minimum atomic E-state index is -0.0816. The van der Waals surface area contributed by atoms with Crippen molar-refractivity contribution in [2.45, 2.75) is 19.4 Å². The lowest BCUT2D eigenvalue weighted by Gasteiger charge is -2.21. The molecule has 0 aromatic heterocycles. The van der Waals surface area contributed by atoms with E-state index in [1.165, 1.54) is 0 Å². The average Bonchev–Trinajstić information content (AvgIpc) is 1.67. The summed E-state index contributed by atoms with van der Waals surface area (Å²) in [5.74, 6) is 0. The third kappa shape index (κ3) is 2.99. The normalized spacial score (nSPS) is 12.0.